The van der Waals surface area contributed by atoms with Gasteiger partial charge in [0.25, 0.3) is 0 Å². The minimum absolute atomic E-state index is 0. The minimum Gasteiger partial charge on any atom is -0.870 e. The Bertz CT molecular complexity index is 608. The molecule has 0 atom stereocenters. The maximum atomic E-state index is 12.8. The van der Waals surface area contributed by atoms with Gasteiger partial charge >= 0.3 is 110 Å². The molecule has 21 heavy (non-hydrogen) atoms. The molecule has 0 heterocycles. The van der Waals surface area contributed by atoms with Crippen molar-refractivity contribution in [3.8, 4) is 0 Å². The van der Waals surface area contributed by atoms with Crippen LogP contribution in [-0.2, 0) is 0 Å². The van der Waals surface area contributed by atoms with Crippen LogP contribution in [0.3, 0.4) is 0 Å². The molecule has 2 aromatic rings. The number of carbonyl (C=O) groups excluding carboxylic acids is 1. The van der Waals surface area contributed by atoms with Crippen molar-refractivity contribution >= 4 is 24.9 Å². The van der Waals surface area contributed by atoms with Crippen molar-refractivity contribution in [3.05, 3.63) is 59.7 Å². The van der Waals surface area contributed by atoms with E-state index < -0.39 is 12.3 Å². The van der Waals surface area contributed by atoms with Crippen LogP contribution in [0.5, 0.6) is 0 Å². The van der Waals surface area contributed by atoms with Crippen LogP contribution in [0.25, 0.3) is 0 Å². The Labute approximate surface area is 121 Å². The summed E-state index contributed by atoms with van der Waals surface area (Å²) in [5, 5.41) is 2.52. The maximum Gasteiger partial charge on any atom is -0.870 e. The molecule has 0 bridgehead atoms. The molecule has 0 unspecified atom stereocenters. The summed E-state index contributed by atoms with van der Waals surface area (Å²) in [7, 11) is 5.68. The molecular weight excluding hydrogens is 279 g/mol. The van der Waals surface area contributed by atoms with E-state index in [1.54, 1.807) is 24.3 Å². The molecule has 0 aromatic heterocycles. The first-order valence-corrected chi connectivity index (χ1v) is 5.62. The third-order valence-corrected chi connectivity index (χ3v) is 2.65. The van der Waals surface area contributed by atoms with Crippen LogP contribution in [0.2, 0.25) is 0 Å². The smallest absolute Gasteiger partial charge is 0.870 e. The summed E-state index contributed by atoms with van der Waals surface area (Å²) >= 11 is 0. The number of benzene rings is 2. The first-order chi connectivity index (χ1) is 9.09. The van der Waals surface area contributed by atoms with E-state index in [1.807, 2.05) is 0 Å². The van der Waals surface area contributed by atoms with Gasteiger partial charge in [-0.15, -0.1) is 0 Å². The van der Waals surface area contributed by atoms with Crippen molar-refractivity contribution in [2.24, 2.45) is 0 Å². The van der Waals surface area contributed by atoms with Gasteiger partial charge in [0.15, 0.2) is 0 Å². The fraction of sp³-hybridized carbons (Fsp3) is 0.0714. The van der Waals surface area contributed by atoms with E-state index in [4.69, 9.17) is 7.85 Å². The fourth-order valence-electron chi connectivity index (χ4n) is 1.69. The molecule has 0 aliphatic carbocycles. The van der Waals surface area contributed by atoms with Gasteiger partial charge in [-0.3, -0.25) is 0 Å². The number of anilines is 1. The average Bonchev–Trinajstić information content (AvgIpc) is 2.41. The zero-order valence-corrected chi connectivity index (χ0v) is 10.8. The van der Waals surface area contributed by atoms with Crippen LogP contribution < -0.4 is 10.8 Å². The van der Waals surface area contributed by atoms with Crippen molar-refractivity contribution in [3.63, 3.8) is 0 Å². The number of para-hydroxylation sites is 1. The van der Waals surface area contributed by atoms with Gasteiger partial charge in [-0.1, -0.05) is 0 Å². The van der Waals surface area contributed by atoms with Gasteiger partial charge in [0.1, 0.15) is 0 Å². The molecule has 1 amide bonds. The summed E-state index contributed by atoms with van der Waals surface area (Å²) in [6.07, 6.45) is -2.70. The van der Waals surface area contributed by atoms with Crippen LogP contribution in [0.15, 0.2) is 48.5 Å². The molecule has 0 spiro atoms. The molecule has 0 saturated heterocycles. The Balaban J connectivity index is 0.00000200. The second kappa shape index (κ2) is 8.13. The first kappa shape index (κ1) is 18.8. The maximum absolute atomic E-state index is 12.8. The third-order valence-electron chi connectivity index (χ3n) is 2.65. The Hall–Kier alpha value is -2.25. The van der Waals surface area contributed by atoms with E-state index in [9.17, 15) is 13.6 Å². The van der Waals surface area contributed by atoms with Crippen molar-refractivity contribution in [2.45, 2.75) is 6.43 Å². The van der Waals surface area contributed by atoms with Gasteiger partial charge in [-0.05, 0) is 0 Å². The van der Waals surface area contributed by atoms with Gasteiger partial charge in [-0.2, -0.15) is 0 Å². The molecule has 0 fully saturated rings. The van der Waals surface area contributed by atoms with E-state index in [1.165, 1.54) is 24.3 Å². The van der Waals surface area contributed by atoms with Crippen molar-refractivity contribution in [1.29, 1.82) is 0 Å². The molecule has 108 valence electrons. The van der Waals surface area contributed by atoms with Gasteiger partial charge in [-0.25, -0.2) is 0 Å². The molecule has 0 aliphatic rings. The molecule has 7 heteroatoms. The van der Waals surface area contributed by atoms with E-state index in [0.717, 1.165) is 0 Å². The quantitative estimate of drug-likeness (QED) is 0.880. The van der Waals surface area contributed by atoms with Crippen molar-refractivity contribution < 1.29 is 24.5 Å². The topological polar surface area (TPSA) is 89.1 Å². The predicted octanol–water partition coefficient (Wildman–Crippen LogP) is 2.32. The molecule has 0 radical (unpaired) electrons. The van der Waals surface area contributed by atoms with Crippen molar-refractivity contribution in [2.75, 3.05) is 5.32 Å². The van der Waals surface area contributed by atoms with E-state index >= 15 is 0 Å². The Morgan fingerprint density at radius 3 is 2.19 bits per heavy atom. The summed E-state index contributed by atoms with van der Waals surface area (Å²) in [4.78, 5) is 12.0. The second-order valence-corrected chi connectivity index (χ2v) is 3.93. The number of amides is 1. The molecule has 2 rings (SSSR count). The summed E-state index contributed by atoms with van der Waals surface area (Å²) < 4.78 is 25.6. The Morgan fingerprint density at radius 2 is 1.57 bits per heavy atom. The zero-order valence-electron chi connectivity index (χ0n) is 10.8. The number of nitrogens with one attached hydrogen (secondary N) is 1. The van der Waals surface area contributed by atoms with Crippen LogP contribution >= 0.6 is 0 Å². The number of alkyl halides is 2. The van der Waals surface area contributed by atoms with Gasteiger partial charge in [0.2, 0.25) is 0 Å². The summed E-state index contributed by atoms with van der Waals surface area (Å²) in [5.41, 5.74) is 0.428. The third kappa shape index (κ3) is 4.37. The monoisotopic (exact) mass is 291 g/mol. The molecule has 0 aliphatic heterocycles. The minimum atomic E-state index is -2.70. The predicted molar refractivity (Wildman–Crippen MR) is 75.1 cm³/mol. The molecule has 3 N–H and O–H groups in total. The summed E-state index contributed by atoms with van der Waals surface area (Å²) in [5.74, 6) is -0.603. The second-order valence-electron chi connectivity index (χ2n) is 3.93. The number of hydrogen-bond donors (Lipinski definition) is 1. The number of hydrogen-bond acceptors (Lipinski definition) is 3. The fourth-order valence-corrected chi connectivity index (χ4v) is 1.69. The normalized spacial score (nSPS) is 9.57. The molecule has 0 saturated carbocycles. The number of rotatable bonds is 3. The largest absolute Gasteiger partial charge is 0.870 e. The van der Waals surface area contributed by atoms with Crippen LogP contribution in [0.1, 0.15) is 22.3 Å². The van der Waals surface area contributed by atoms with E-state index in [0.29, 0.717) is 11.2 Å². The molecule has 2 aromatic carbocycles. The van der Waals surface area contributed by atoms with Gasteiger partial charge in [0, 0.05) is 0 Å². The van der Waals surface area contributed by atoms with E-state index in [-0.39, 0.29) is 22.1 Å². The summed E-state index contributed by atoms with van der Waals surface area (Å²) in [6, 6.07) is 12.2. The van der Waals surface area contributed by atoms with Gasteiger partial charge in [0.05, 0.1) is 0 Å². The number of carbonyl (C=O) groups is 1. The zero-order chi connectivity index (χ0) is 13.8. The Kier molecular flexibility index (Phi) is 7.26. The van der Waals surface area contributed by atoms with Crippen molar-refractivity contribution in [1.82, 2.24) is 0 Å². The van der Waals surface area contributed by atoms with Crippen LogP contribution in [0.4, 0.5) is 14.5 Å². The Morgan fingerprint density at radius 1 is 1.00 bits per heavy atom. The van der Waals surface area contributed by atoms with Crippen LogP contribution in [0, 0.1) is 0 Å². The standard InChI is InChI=1S/C14H10BF2NO.2H2O/c15-11-7-3-4-8-12(11)18-14(19)10-6-2-1-5-9(10)13(16)17;;/h1-8,13H,(H,18,19);2*1H2/q+2;;/p-2. The SMILES string of the molecule is [B+2]c1ccccc1NC(=O)c1ccccc1C(F)F.[OH-].[OH-]. The number of halogens is 2. The summed E-state index contributed by atoms with van der Waals surface area (Å²) in [6.45, 7) is 0. The molecular formula is C14H12BF2NO3. The van der Waals surface area contributed by atoms with Crippen LogP contribution in [-0.4, -0.2) is 24.7 Å². The first-order valence-electron chi connectivity index (χ1n) is 5.62. The van der Waals surface area contributed by atoms with E-state index in [2.05, 4.69) is 5.32 Å². The van der Waals surface area contributed by atoms with Gasteiger partial charge < -0.3 is 11.0 Å². The molecule has 4 nitrogen and oxygen atoms in total. The average molecular weight is 291 g/mol.